The summed E-state index contributed by atoms with van der Waals surface area (Å²) in [5.74, 6) is 0.353. The number of nitrogens with zero attached hydrogens (tertiary/aromatic N) is 1. The molecule has 132 valence electrons. The standard InChI is InChI=1S/C18H18Cl2N2O3/c1-24-16-5-3-13(11-21-16)22-17(23)18(6-8-25-9-7-18)14-4-2-12(19)10-15(14)20/h2-5,10-11H,6-9H2,1H3,(H,22,23). The molecule has 1 aromatic heterocycles. The molecule has 5 nitrogen and oxygen atoms in total. The Morgan fingerprint density at radius 3 is 2.60 bits per heavy atom. The number of hydrogen-bond acceptors (Lipinski definition) is 4. The number of ether oxygens (including phenoxy) is 2. The van der Waals surface area contributed by atoms with Crippen LogP contribution in [0.25, 0.3) is 0 Å². The Morgan fingerprint density at radius 2 is 2.00 bits per heavy atom. The number of anilines is 1. The van der Waals surface area contributed by atoms with Gasteiger partial charge in [0.25, 0.3) is 0 Å². The van der Waals surface area contributed by atoms with Crippen molar-refractivity contribution >= 4 is 34.8 Å². The van der Waals surface area contributed by atoms with Gasteiger partial charge in [-0.15, -0.1) is 0 Å². The molecule has 1 aliphatic heterocycles. The highest BCUT2D eigenvalue weighted by molar-refractivity contribution is 6.35. The first-order valence-electron chi connectivity index (χ1n) is 7.90. The minimum absolute atomic E-state index is 0.132. The first-order valence-corrected chi connectivity index (χ1v) is 8.65. The summed E-state index contributed by atoms with van der Waals surface area (Å²) in [6.07, 6.45) is 2.65. The number of methoxy groups -OCH3 is 1. The smallest absolute Gasteiger partial charge is 0.235 e. The summed E-state index contributed by atoms with van der Waals surface area (Å²) >= 11 is 12.4. The van der Waals surface area contributed by atoms with Gasteiger partial charge in [0.2, 0.25) is 11.8 Å². The van der Waals surface area contributed by atoms with Gasteiger partial charge in [0.05, 0.1) is 24.4 Å². The first kappa shape index (κ1) is 18.0. The van der Waals surface area contributed by atoms with E-state index in [2.05, 4.69) is 10.3 Å². The maximum Gasteiger partial charge on any atom is 0.235 e. The van der Waals surface area contributed by atoms with Crippen molar-refractivity contribution in [2.45, 2.75) is 18.3 Å². The van der Waals surface area contributed by atoms with E-state index in [-0.39, 0.29) is 5.91 Å². The van der Waals surface area contributed by atoms with Gasteiger partial charge >= 0.3 is 0 Å². The lowest BCUT2D eigenvalue weighted by Gasteiger charge is -2.36. The molecule has 1 aromatic carbocycles. The van der Waals surface area contributed by atoms with Crippen LogP contribution in [-0.4, -0.2) is 31.2 Å². The molecular weight excluding hydrogens is 363 g/mol. The van der Waals surface area contributed by atoms with Crippen molar-refractivity contribution in [3.63, 3.8) is 0 Å². The van der Waals surface area contributed by atoms with Gasteiger partial charge < -0.3 is 14.8 Å². The van der Waals surface area contributed by atoms with Crippen molar-refractivity contribution in [1.29, 1.82) is 0 Å². The average Bonchev–Trinajstić information content (AvgIpc) is 2.63. The highest BCUT2D eigenvalue weighted by Crippen LogP contribution is 2.40. The fraction of sp³-hybridized carbons (Fsp3) is 0.333. The molecule has 2 heterocycles. The van der Waals surface area contributed by atoms with E-state index in [0.29, 0.717) is 47.7 Å². The lowest BCUT2D eigenvalue weighted by atomic mass is 9.73. The third kappa shape index (κ3) is 3.73. The lowest BCUT2D eigenvalue weighted by molar-refractivity contribution is -0.125. The van der Waals surface area contributed by atoms with Crippen LogP contribution in [0.15, 0.2) is 36.5 Å². The lowest BCUT2D eigenvalue weighted by Crippen LogP contribution is -2.45. The number of aromatic nitrogens is 1. The Kier molecular flexibility index (Phi) is 5.47. The molecule has 0 atom stereocenters. The molecular formula is C18H18Cl2N2O3. The second-order valence-corrected chi connectivity index (χ2v) is 6.71. The molecule has 2 aromatic rings. The summed E-state index contributed by atoms with van der Waals surface area (Å²) in [5, 5.41) is 3.96. The largest absolute Gasteiger partial charge is 0.481 e. The first-order chi connectivity index (χ1) is 12.0. The van der Waals surface area contributed by atoms with Gasteiger partial charge in [-0.1, -0.05) is 29.3 Å². The van der Waals surface area contributed by atoms with E-state index in [1.54, 1.807) is 37.6 Å². The third-order valence-corrected chi connectivity index (χ3v) is 4.98. The van der Waals surface area contributed by atoms with E-state index >= 15 is 0 Å². The molecule has 1 aliphatic rings. The molecule has 3 rings (SSSR count). The number of carbonyl (C=O) groups excluding carboxylic acids is 1. The predicted octanol–water partition coefficient (Wildman–Crippen LogP) is 4.08. The SMILES string of the molecule is COc1ccc(NC(=O)C2(c3ccc(Cl)cc3Cl)CCOCC2)cn1. The second kappa shape index (κ2) is 7.60. The minimum atomic E-state index is -0.764. The zero-order chi connectivity index (χ0) is 17.9. The molecule has 0 radical (unpaired) electrons. The zero-order valence-corrected chi connectivity index (χ0v) is 15.2. The fourth-order valence-corrected chi connectivity index (χ4v) is 3.63. The Morgan fingerprint density at radius 1 is 1.24 bits per heavy atom. The van der Waals surface area contributed by atoms with Crippen LogP contribution in [0.2, 0.25) is 10.0 Å². The molecule has 1 amide bonds. The number of amides is 1. The maximum atomic E-state index is 13.2. The molecule has 7 heteroatoms. The number of nitrogens with one attached hydrogen (secondary N) is 1. The molecule has 0 spiro atoms. The molecule has 0 saturated carbocycles. The zero-order valence-electron chi connectivity index (χ0n) is 13.7. The molecule has 1 saturated heterocycles. The van der Waals surface area contributed by atoms with Crippen LogP contribution >= 0.6 is 23.2 Å². The molecule has 0 unspecified atom stereocenters. The van der Waals surface area contributed by atoms with Crippen LogP contribution in [0.5, 0.6) is 5.88 Å². The maximum absolute atomic E-state index is 13.2. The highest BCUT2D eigenvalue weighted by Gasteiger charge is 2.43. The normalized spacial score (nSPS) is 16.3. The fourth-order valence-electron chi connectivity index (χ4n) is 3.04. The van der Waals surface area contributed by atoms with Crippen molar-refractivity contribution in [3.05, 3.63) is 52.1 Å². The number of pyridine rings is 1. The van der Waals surface area contributed by atoms with Gasteiger partial charge in [0, 0.05) is 29.3 Å². The van der Waals surface area contributed by atoms with Gasteiger partial charge in [-0.2, -0.15) is 0 Å². The van der Waals surface area contributed by atoms with Gasteiger partial charge in [-0.05, 0) is 36.6 Å². The molecule has 0 bridgehead atoms. The summed E-state index contributed by atoms with van der Waals surface area (Å²) in [5.41, 5.74) is 0.599. The predicted molar refractivity (Wildman–Crippen MR) is 97.6 cm³/mol. The Bertz CT molecular complexity index is 759. The van der Waals surface area contributed by atoms with Gasteiger partial charge in [0.15, 0.2) is 0 Å². The van der Waals surface area contributed by atoms with Gasteiger partial charge in [-0.3, -0.25) is 4.79 Å². The van der Waals surface area contributed by atoms with E-state index in [4.69, 9.17) is 32.7 Å². The quantitative estimate of drug-likeness (QED) is 0.867. The van der Waals surface area contributed by atoms with Crippen molar-refractivity contribution < 1.29 is 14.3 Å². The number of hydrogen-bond donors (Lipinski definition) is 1. The Balaban J connectivity index is 1.92. The van der Waals surface area contributed by atoms with Crippen molar-refractivity contribution in [3.8, 4) is 5.88 Å². The van der Waals surface area contributed by atoms with Crippen LogP contribution in [-0.2, 0) is 14.9 Å². The summed E-state index contributed by atoms with van der Waals surface area (Å²) in [4.78, 5) is 17.3. The Labute approximate surface area is 156 Å². The van der Waals surface area contributed by atoms with E-state index in [1.807, 2.05) is 6.07 Å². The summed E-state index contributed by atoms with van der Waals surface area (Å²) in [6.45, 7) is 0.987. The van der Waals surface area contributed by atoms with Crippen LogP contribution < -0.4 is 10.1 Å². The monoisotopic (exact) mass is 380 g/mol. The van der Waals surface area contributed by atoms with Crippen LogP contribution in [0, 0.1) is 0 Å². The molecule has 0 aliphatic carbocycles. The van der Waals surface area contributed by atoms with Crippen LogP contribution in [0.1, 0.15) is 18.4 Å². The number of rotatable bonds is 4. The van der Waals surface area contributed by atoms with Crippen molar-refractivity contribution in [2.24, 2.45) is 0 Å². The summed E-state index contributed by atoms with van der Waals surface area (Å²) < 4.78 is 10.5. The van der Waals surface area contributed by atoms with Crippen LogP contribution in [0.4, 0.5) is 5.69 Å². The van der Waals surface area contributed by atoms with E-state index in [1.165, 1.54) is 0 Å². The van der Waals surface area contributed by atoms with Crippen LogP contribution in [0.3, 0.4) is 0 Å². The average molecular weight is 381 g/mol. The van der Waals surface area contributed by atoms with Crippen molar-refractivity contribution in [2.75, 3.05) is 25.6 Å². The minimum Gasteiger partial charge on any atom is -0.481 e. The second-order valence-electron chi connectivity index (χ2n) is 5.86. The van der Waals surface area contributed by atoms with Gasteiger partial charge in [-0.25, -0.2) is 4.98 Å². The third-order valence-electron chi connectivity index (χ3n) is 4.43. The number of carbonyl (C=O) groups is 1. The topological polar surface area (TPSA) is 60.5 Å². The van der Waals surface area contributed by atoms with Gasteiger partial charge in [0.1, 0.15) is 0 Å². The highest BCUT2D eigenvalue weighted by atomic mass is 35.5. The molecule has 1 fully saturated rings. The summed E-state index contributed by atoms with van der Waals surface area (Å²) in [6, 6.07) is 8.68. The molecule has 25 heavy (non-hydrogen) atoms. The Hall–Kier alpha value is -1.82. The van der Waals surface area contributed by atoms with E-state index in [9.17, 15) is 4.79 Å². The van der Waals surface area contributed by atoms with E-state index < -0.39 is 5.41 Å². The summed E-state index contributed by atoms with van der Waals surface area (Å²) in [7, 11) is 1.54. The molecule has 1 N–H and O–H groups in total. The number of benzene rings is 1. The van der Waals surface area contributed by atoms with Crippen molar-refractivity contribution in [1.82, 2.24) is 4.98 Å². The van der Waals surface area contributed by atoms with E-state index in [0.717, 1.165) is 5.56 Å². The number of halogens is 2.